The molecule has 7 nitrogen and oxygen atoms in total. The third-order valence-corrected chi connectivity index (χ3v) is 7.00. The average Bonchev–Trinajstić information content (AvgIpc) is 3.40. The lowest BCUT2D eigenvalue weighted by Gasteiger charge is -2.29. The monoisotopic (exact) mass is 500 g/mol. The Kier molecular flexibility index (Phi) is 5.32. The number of halogens is 1. The number of methoxy groups -OCH3 is 1. The number of ether oxygens (including phenoxy) is 1. The van der Waals surface area contributed by atoms with E-state index in [1.165, 1.54) is 18.1 Å². The average molecular weight is 501 g/mol. The number of amides is 2. The number of hydroxylamine groups is 1. The van der Waals surface area contributed by atoms with E-state index in [1.54, 1.807) is 47.5 Å². The normalized spacial score (nSPS) is 21.3. The molecule has 0 unspecified atom stereocenters. The second kappa shape index (κ2) is 8.55. The summed E-state index contributed by atoms with van der Waals surface area (Å²) in [5.41, 5.74) is 1.83. The summed E-state index contributed by atoms with van der Waals surface area (Å²) in [6.45, 7) is 0. The zero-order chi connectivity index (χ0) is 25.0. The van der Waals surface area contributed by atoms with Crippen LogP contribution >= 0.6 is 11.6 Å². The van der Waals surface area contributed by atoms with Crippen LogP contribution in [0.15, 0.2) is 84.9 Å². The Morgan fingerprint density at radius 3 is 2.44 bits per heavy atom. The minimum Gasteiger partial charge on any atom is -0.504 e. The molecule has 1 N–H and O–H groups in total. The zero-order valence-electron chi connectivity index (χ0n) is 19.2. The van der Waals surface area contributed by atoms with Crippen LogP contribution in [0.4, 0.5) is 11.4 Å². The number of imide groups is 1. The highest BCUT2D eigenvalue weighted by atomic mass is 35.5. The van der Waals surface area contributed by atoms with Gasteiger partial charge in [0.2, 0.25) is 5.91 Å². The number of carbonyl (C=O) groups excluding carboxylic acids is 2. The molecule has 6 rings (SSSR count). The summed E-state index contributed by atoms with van der Waals surface area (Å²) < 4.78 is 5.31. The summed E-state index contributed by atoms with van der Waals surface area (Å²) in [5, 5.41) is 14.0. The van der Waals surface area contributed by atoms with Crippen molar-refractivity contribution in [3.8, 4) is 11.5 Å². The third-order valence-electron chi connectivity index (χ3n) is 6.75. The molecule has 0 bridgehead atoms. The van der Waals surface area contributed by atoms with Crippen molar-refractivity contribution in [3.63, 3.8) is 0 Å². The predicted octanol–water partition coefficient (Wildman–Crippen LogP) is 5.26. The summed E-state index contributed by atoms with van der Waals surface area (Å²) >= 11 is 6.09. The number of rotatable bonds is 4. The summed E-state index contributed by atoms with van der Waals surface area (Å²) in [7, 11) is 1.45. The molecular formula is C28H21ClN2O5. The van der Waals surface area contributed by atoms with Crippen molar-refractivity contribution in [1.29, 1.82) is 0 Å². The van der Waals surface area contributed by atoms with Crippen LogP contribution in [0.3, 0.4) is 0 Å². The molecular weight excluding hydrogens is 480 g/mol. The first-order valence-electron chi connectivity index (χ1n) is 11.4. The number of benzene rings is 4. The van der Waals surface area contributed by atoms with Crippen LogP contribution in [0.1, 0.15) is 11.6 Å². The molecule has 4 aromatic carbocycles. The van der Waals surface area contributed by atoms with Crippen molar-refractivity contribution in [2.45, 2.75) is 12.1 Å². The van der Waals surface area contributed by atoms with Crippen LogP contribution in [0, 0.1) is 5.92 Å². The second-order valence-electron chi connectivity index (χ2n) is 8.74. The molecule has 2 saturated heterocycles. The van der Waals surface area contributed by atoms with Crippen molar-refractivity contribution in [2.75, 3.05) is 17.1 Å². The highest BCUT2D eigenvalue weighted by molar-refractivity contribution is 6.30. The number of carbonyl (C=O) groups is 2. The number of hydrogen-bond donors (Lipinski definition) is 1. The van der Waals surface area contributed by atoms with E-state index in [4.69, 9.17) is 21.2 Å². The molecule has 3 atom stereocenters. The molecule has 0 aromatic heterocycles. The fraction of sp³-hybridized carbons (Fsp3) is 0.143. The summed E-state index contributed by atoms with van der Waals surface area (Å²) in [4.78, 5) is 35.1. The SMILES string of the molecule is COc1cc([C@@H]2[C@H]3C(=O)N(c4cccc5ccccc45)C(=O)[C@@H]3ON2c2ccc(Cl)cc2)ccc1O. The van der Waals surface area contributed by atoms with E-state index in [1.807, 2.05) is 36.4 Å². The maximum absolute atomic E-state index is 14.0. The smallest absolute Gasteiger partial charge is 0.266 e. The topological polar surface area (TPSA) is 79.3 Å². The van der Waals surface area contributed by atoms with Crippen molar-refractivity contribution >= 4 is 45.6 Å². The molecule has 0 radical (unpaired) electrons. The fourth-order valence-electron chi connectivity index (χ4n) is 5.08. The molecule has 2 aliphatic rings. The minimum atomic E-state index is -1.02. The van der Waals surface area contributed by atoms with Gasteiger partial charge in [-0.3, -0.25) is 14.4 Å². The Bertz CT molecular complexity index is 1500. The van der Waals surface area contributed by atoms with E-state index in [0.717, 1.165) is 10.8 Å². The van der Waals surface area contributed by atoms with Gasteiger partial charge >= 0.3 is 0 Å². The third kappa shape index (κ3) is 3.39. The number of aromatic hydroxyl groups is 1. The number of nitrogens with zero attached hydrogens (tertiary/aromatic N) is 2. The van der Waals surface area contributed by atoms with Gasteiger partial charge in [0.1, 0.15) is 5.92 Å². The summed E-state index contributed by atoms with van der Waals surface area (Å²) in [6, 6.07) is 24.4. The Hall–Kier alpha value is -4.07. The molecule has 36 heavy (non-hydrogen) atoms. The van der Waals surface area contributed by atoms with Crippen LogP contribution in [0.5, 0.6) is 11.5 Å². The Labute approximate surface area is 212 Å². The number of anilines is 2. The first kappa shape index (κ1) is 22.4. The van der Waals surface area contributed by atoms with Crippen molar-refractivity contribution < 1.29 is 24.3 Å². The molecule has 0 saturated carbocycles. The molecule has 4 aromatic rings. The van der Waals surface area contributed by atoms with E-state index in [-0.39, 0.29) is 17.4 Å². The zero-order valence-corrected chi connectivity index (χ0v) is 19.9. The van der Waals surface area contributed by atoms with Crippen LogP contribution in [0.2, 0.25) is 5.02 Å². The number of phenols is 1. The lowest BCUT2D eigenvalue weighted by atomic mass is 9.90. The maximum atomic E-state index is 14.0. The van der Waals surface area contributed by atoms with E-state index in [0.29, 0.717) is 22.0 Å². The highest BCUT2D eigenvalue weighted by Crippen LogP contribution is 2.49. The Balaban J connectivity index is 1.47. The van der Waals surface area contributed by atoms with Crippen LogP contribution in [-0.2, 0) is 14.4 Å². The molecule has 2 aliphatic heterocycles. The highest BCUT2D eigenvalue weighted by Gasteiger charge is 2.60. The van der Waals surface area contributed by atoms with Crippen LogP contribution in [0.25, 0.3) is 10.8 Å². The largest absolute Gasteiger partial charge is 0.504 e. The van der Waals surface area contributed by atoms with Gasteiger partial charge in [-0.1, -0.05) is 54.1 Å². The van der Waals surface area contributed by atoms with Gasteiger partial charge < -0.3 is 9.84 Å². The van der Waals surface area contributed by atoms with Crippen molar-refractivity contribution in [1.82, 2.24) is 0 Å². The van der Waals surface area contributed by atoms with Gasteiger partial charge in [-0.25, -0.2) is 9.96 Å². The van der Waals surface area contributed by atoms with Gasteiger partial charge in [0.25, 0.3) is 5.91 Å². The quantitative estimate of drug-likeness (QED) is 0.385. The molecule has 0 aliphatic carbocycles. The van der Waals surface area contributed by atoms with Gasteiger partial charge in [0, 0.05) is 10.4 Å². The Morgan fingerprint density at radius 1 is 0.917 bits per heavy atom. The first-order valence-corrected chi connectivity index (χ1v) is 11.8. The molecule has 2 heterocycles. The van der Waals surface area contributed by atoms with Crippen LogP contribution < -0.4 is 14.7 Å². The van der Waals surface area contributed by atoms with E-state index >= 15 is 0 Å². The minimum absolute atomic E-state index is 0.0269. The standard InChI is InChI=1S/C28H21ClN2O5/c1-35-23-15-17(9-14-22(23)32)25-24-26(36-31(25)19-12-10-18(29)11-13-19)28(34)30(27(24)33)21-8-4-6-16-5-2-3-7-20(16)21/h2-15,24-26,32H,1H3/t24-,25-,26-/m1/s1. The van der Waals surface area contributed by atoms with Gasteiger partial charge in [-0.05, 0) is 53.4 Å². The van der Waals surface area contributed by atoms with Gasteiger partial charge in [0.15, 0.2) is 17.6 Å². The van der Waals surface area contributed by atoms with E-state index in [2.05, 4.69) is 0 Å². The molecule has 2 amide bonds. The van der Waals surface area contributed by atoms with Crippen LogP contribution in [-0.4, -0.2) is 30.1 Å². The molecule has 2 fully saturated rings. The fourth-order valence-corrected chi connectivity index (χ4v) is 5.21. The number of fused-ring (bicyclic) bond motifs is 2. The second-order valence-corrected chi connectivity index (χ2v) is 9.18. The van der Waals surface area contributed by atoms with E-state index < -0.39 is 24.0 Å². The van der Waals surface area contributed by atoms with Crippen molar-refractivity contribution in [2.24, 2.45) is 5.92 Å². The molecule has 8 heteroatoms. The molecule has 0 spiro atoms. The number of hydrogen-bond acceptors (Lipinski definition) is 6. The van der Waals surface area contributed by atoms with Crippen molar-refractivity contribution in [3.05, 3.63) is 95.5 Å². The van der Waals surface area contributed by atoms with E-state index in [9.17, 15) is 14.7 Å². The lowest BCUT2D eigenvalue weighted by molar-refractivity contribution is -0.126. The Morgan fingerprint density at radius 2 is 1.67 bits per heavy atom. The van der Waals surface area contributed by atoms with Gasteiger partial charge in [-0.15, -0.1) is 0 Å². The number of phenolic OH excluding ortho intramolecular Hbond substituents is 1. The molecule has 180 valence electrons. The van der Waals surface area contributed by atoms with Gasteiger partial charge in [-0.2, -0.15) is 0 Å². The lowest BCUT2D eigenvalue weighted by Crippen LogP contribution is -2.37. The predicted molar refractivity (Wildman–Crippen MR) is 136 cm³/mol. The summed E-state index contributed by atoms with van der Waals surface area (Å²) in [6.07, 6.45) is -1.02. The van der Waals surface area contributed by atoms with Gasteiger partial charge in [0.05, 0.1) is 24.5 Å². The maximum Gasteiger partial charge on any atom is 0.266 e. The first-order chi connectivity index (χ1) is 17.5. The summed E-state index contributed by atoms with van der Waals surface area (Å²) in [5.74, 6) is -1.36.